The maximum Gasteiger partial charge on any atom is 0.341 e. The van der Waals surface area contributed by atoms with Crippen molar-refractivity contribution in [3.63, 3.8) is 0 Å². The molecule has 0 bridgehead atoms. The summed E-state index contributed by atoms with van der Waals surface area (Å²) in [4.78, 5) is 50.7. The van der Waals surface area contributed by atoms with Gasteiger partial charge in [0.15, 0.2) is 0 Å². The normalized spacial score (nSPS) is 16.8. The van der Waals surface area contributed by atoms with Crippen LogP contribution in [0, 0.1) is 5.92 Å². The Kier molecular flexibility index (Phi) is 8.54. The Morgan fingerprint density at radius 2 is 1.85 bits per heavy atom. The minimum atomic E-state index is -0.396. The number of carbonyl (C=O) groups excluding carboxylic acids is 2. The molecule has 1 amide bonds. The summed E-state index contributed by atoms with van der Waals surface area (Å²) in [5, 5.41) is 4.20. The van der Waals surface area contributed by atoms with Crippen molar-refractivity contribution in [1.82, 2.24) is 14.5 Å². The van der Waals surface area contributed by atoms with Crippen LogP contribution in [-0.4, -0.2) is 46.0 Å². The van der Waals surface area contributed by atoms with Crippen LogP contribution in [0.1, 0.15) is 84.0 Å². The van der Waals surface area contributed by atoms with Crippen molar-refractivity contribution >= 4 is 49.8 Å². The van der Waals surface area contributed by atoms with Crippen molar-refractivity contribution in [3.8, 4) is 0 Å². The standard InChI is InChI=1S/C29H38N4O4S2/c1-5-32(6-2)15-22-30-26-24(18-10-8-9-11-20(18)38-26)28(35)33(22)16-23(34)31-27-25(29(36)37-7-3)19-13-12-17(4)14-21(19)39-27/h17H,5-16H2,1-4H3,(H,31,34). The minimum absolute atomic E-state index is 0.137. The summed E-state index contributed by atoms with van der Waals surface area (Å²) in [7, 11) is 0. The van der Waals surface area contributed by atoms with E-state index < -0.39 is 5.97 Å². The van der Waals surface area contributed by atoms with Crippen LogP contribution < -0.4 is 10.9 Å². The number of anilines is 1. The van der Waals surface area contributed by atoms with Gasteiger partial charge in [0.25, 0.3) is 5.56 Å². The Hall–Kier alpha value is -2.56. The highest BCUT2D eigenvalue weighted by atomic mass is 32.1. The van der Waals surface area contributed by atoms with Crippen LogP contribution >= 0.6 is 22.7 Å². The average molecular weight is 571 g/mol. The number of aryl methyl sites for hydroxylation is 2. The van der Waals surface area contributed by atoms with Gasteiger partial charge in [-0.15, -0.1) is 22.7 Å². The van der Waals surface area contributed by atoms with Gasteiger partial charge in [-0.25, -0.2) is 9.78 Å². The van der Waals surface area contributed by atoms with Gasteiger partial charge in [-0.2, -0.15) is 0 Å². The number of carbonyl (C=O) groups is 2. The Balaban J connectivity index is 1.51. The predicted octanol–water partition coefficient (Wildman–Crippen LogP) is 5.18. The molecule has 8 nitrogen and oxygen atoms in total. The number of thiophene rings is 2. The van der Waals surface area contributed by atoms with Crippen molar-refractivity contribution in [1.29, 1.82) is 0 Å². The molecule has 1 atom stereocenters. The highest BCUT2D eigenvalue weighted by Gasteiger charge is 2.30. The Morgan fingerprint density at radius 1 is 1.08 bits per heavy atom. The van der Waals surface area contributed by atoms with Crippen LogP contribution in [0.5, 0.6) is 0 Å². The van der Waals surface area contributed by atoms with Crippen LogP contribution in [-0.2, 0) is 48.3 Å². The molecule has 0 spiro atoms. The van der Waals surface area contributed by atoms with Crippen molar-refractivity contribution in [2.45, 2.75) is 85.7 Å². The molecule has 0 fully saturated rings. The molecule has 0 radical (unpaired) electrons. The van der Waals surface area contributed by atoms with E-state index in [1.54, 1.807) is 22.8 Å². The number of ether oxygens (including phenoxy) is 1. The summed E-state index contributed by atoms with van der Waals surface area (Å²) in [6, 6.07) is 0. The third-order valence-electron chi connectivity index (χ3n) is 7.96. The number of esters is 1. The smallest absolute Gasteiger partial charge is 0.341 e. The number of hydrogen-bond donors (Lipinski definition) is 1. The number of nitrogens with zero attached hydrogens (tertiary/aromatic N) is 3. The van der Waals surface area contributed by atoms with Crippen molar-refractivity contribution in [2.24, 2.45) is 5.92 Å². The number of hydrogen-bond acceptors (Lipinski definition) is 8. The highest BCUT2D eigenvalue weighted by Crippen LogP contribution is 2.40. The van der Waals surface area contributed by atoms with E-state index in [9.17, 15) is 14.4 Å². The third kappa shape index (κ3) is 5.56. The first-order chi connectivity index (χ1) is 18.8. The molecule has 3 aromatic rings. The number of nitrogens with one attached hydrogen (secondary N) is 1. The second-order valence-electron chi connectivity index (χ2n) is 10.6. The van der Waals surface area contributed by atoms with E-state index in [2.05, 4.69) is 31.0 Å². The van der Waals surface area contributed by atoms with Gasteiger partial charge < -0.3 is 10.1 Å². The molecule has 3 heterocycles. The fourth-order valence-electron chi connectivity index (χ4n) is 5.78. The Bertz CT molecular complexity index is 1450. The predicted molar refractivity (Wildman–Crippen MR) is 157 cm³/mol. The Morgan fingerprint density at radius 3 is 2.59 bits per heavy atom. The fourth-order valence-corrected chi connectivity index (χ4v) is 8.47. The molecule has 0 aromatic carbocycles. The minimum Gasteiger partial charge on any atom is -0.462 e. The van der Waals surface area contributed by atoms with Gasteiger partial charge in [-0.05, 0) is 82.0 Å². The van der Waals surface area contributed by atoms with E-state index in [1.165, 1.54) is 16.2 Å². The van der Waals surface area contributed by atoms with Crippen LogP contribution in [0.2, 0.25) is 0 Å². The number of rotatable bonds is 9. The highest BCUT2D eigenvalue weighted by molar-refractivity contribution is 7.18. The van der Waals surface area contributed by atoms with Crippen LogP contribution in [0.25, 0.3) is 10.2 Å². The number of aromatic nitrogens is 2. The zero-order valence-electron chi connectivity index (χ0n) is 23.4. The largest absolute Gasteiger partial charge is 0.462 e. The molecule has 1 N–H and O–H groups in total. The second kappa shape index (κ2) is 11.9. The van der Waals surface area contributed by atoms with Gasteiger partial charge in [0.1, 0.15) is 22.2 Å². The van der Waals surface area contributed by atoms with E-state index in [0.717, 1.165) is 78.9 Å². The molecule has 10 heteroatoms. The van der Waals surface area contributed by atoms with E-state index in [1.807, 2.05) is 0 Å². The molecule has 2 aliphatic carbocycles. The van der Waals surface area contributed by atoms with Gasteiger partial charge in [0, 0.05) is 9.75 Å². The van der Waals surface area contributed by atoms with E-state index in [0.29, 0.717) is 34.2 Å². The SMILES string of the molecule is CCOC(=O)c1c(NC(=O)Cn2c(CN(CC)CC)nc3sc4c(c3c2=O)CCCC4)sc2c1CCC(C)C2. The molecule has 5 rings (SSSR count). The van der Waals surface area contributed by atoms with Gasteiger partial charge in [0.2, 0.25) is 5.91 Å². The average Bonchev–Trinajstić information content (AvgIpc) is 3.46. The van der Waals surface area contributed by atoms with Gasteiger partial charge in [-0.3, -0.25) is 19.1 Å². The monoisotopic (exact) mass is 570 g/mol. The van der Waals surface area contributed by atoms with Crippen molar-refractivity contribution in [3.05, 3.63) is 42.6 Å². The lowest BCUT2D eigenvalue weighted by atomic mass is 9.88. The Labute approximate surface area is 237 Å². The molecule has 0 saturated carbocycles. The molecule has 1 unspecified atom stereocenters. The topological polar surface area (TPSA) is 93.5 Å². The molecule has 210 valence electrons. The number of amides is 1. The van der Waals surface area contributed by atoms with Crippen LogP contribution in [0.3, 0.4) is 0 Å². The first kappa shape index (κ1) is 28.0. The first-order valence-corrected chi connectivity index (χ1v) is 15.9. The molecule has 2 aliphatic rings. The van der Waals surface area contributed by atoms with Gasteiger partial charge in [0.05, 0.1) is 24.1 Å². The molecule has 0 aliphatic heterocycles. The lowest BCUT2D eigenvalue weighted by Crippen LogP contribution is -2.34. The summed E-state index contributed by atoms with van der Waals surface area (Å²) in [5.41, 5.74) is 2.46. The summed E-state index contributed by atoms with van der Waals surface area (Å²) in [5.74, 6) is 0.410. The maximum atomic E-state index is 13.9. The van der Waals surface area contributed by atoms with Crippen molar-refractivity contribution < 1.29 is 14.3 Å². The molecular weight excluding hydrogens is 532 g/mol. The summed E-state index contributed by atoms with van der Waals surface area (Å²) in [6.07, 6.45) is 6.77. The lowest BCUT2D eigenvalue weighted by molar-refractivity contribution is -0.116. The zero-order chi connectivity index (χ0) is 27.7. The molecule has 0 saturated heterocycles. The van der Waals surface area contributed by atoms with E-state index in [-0.39, 0.29) is 24.6 Å². The summed E-state index contributed by atoms with van der Waals surface area (Å²) >= 11 is 3.10. The third-order valence-corrected chi connectivity index (χ3v) is 10.3. The molecule has 39 heavy (non-hydrogen) atoms. The van der Waals surface area contributed by atoms with E-state index in [4.69, 9.17) is 9.72 Å². The van der Waals surface area contributed by atoms with Crippen molar-refractivity contribution in [2.75, 3.05) is 25.0 Å². The summed E-state index contributed by atoms with van der Waals surface area (Å²) < 4.78 is 6.92. The van der Waals surface area contributed by atoms with Gasteiger partial charge in [-0.1, -0.05) is 20.8 Å². The fraction of sp³-hybridized carbons (Fsp3) is 0.586. The van der Waals surface area contributed by atoms with Gasteiger partial charge >= 0.3 is 5.97 Å². The summed E-state index contributed by atoms with van der Waals surface area (Å²) in [6.45, 7) is 10.4. The lowest BCUT2D eigenvalue weighted by Gasteiger charge is -2.20. The number of fused-ring (bicyclic) bond motifs is 4. The zero-order valence-corrected chi connectivity index (χ0v) is 25.0. The quantitative estimate of drug-likeness (QED) is 0.357. The maximum absolute atomic E-state index is 13.9. The van der Waals surface area contributed by atoms with E-state index >= 15 is 0 Å². The molecular formula is C29H38N4O4S2. The van der Waals surface area contributed by atoms with Crippen LogP contribution in [0.15, 0.2) is 4.79 Å². The molecule has 3 aromatic heterocycles. The van der Waals surface area contributed by atoms with Crippen LogP contribution in [0.4, 0.5) is 5.00 Å². The second-order valence-corrected chi connectivity index (χ2v) is 12.8. The first-order valence-electron chi connectivity index (χ1n) is 14.2.